The molecule has 0 aromatic carbocycles. The van der Waals surface area contributed by atoms with Gasteiger partial charge in [-0.2, -0.15) is 5.10 Å². The molecule has 7 heteroatoms. The molecular formula is C5H4N2O2S3. The molecule has 0 radical (unpaired) electrons. The van der Waals surface area contributed by atoms with Crippen molar-refractivity contribution >= 4 is 41.3 Å². The zero-order valence-corrected chi connectivity index (χ0v) is 8.13. The molecule has 2 N–H and O–H groups in total. The van der Waals surface area contributed by atoms with E-state index in [0.29, 0.717) is 8.29 Å². The zero-order valence-electron chi connectivity index (χ0n) is 5.68. The number of aromatic nitrogens is 2. The highest BCUT2D eigenvalue weighted by molar-refractivity contribution is 8.03. The fourth-order valence-electron chi connectivity index (χ4n) is 0.417. The fraction of sp³-hybridized carbons (Fsp3) is 0. The van der Waals surface area contributed by atoms with E-state index in [1.807, 2.05) is 0 Å². The Morgan fingerprint density at radius 1 is 1.83 bits per heavy atom. The molecule has 0 unspecified atom stereocenters. The zero-order chi connectivity index (χ0) is 8.97. The summed E-state index contributed by atoms with van der Waals surface area (Å²) in [4.78, 5) is 10.0. The molecule has 0 atom stereocenters. The van der Waals surface area contributed by atoms with Gasteiger partial charge in [0.15, 0.2) is 8.29 Å². The number of carboxylic acids is 1. The number of hydrogen-bond donors (Lipinski definition) is 2. The van der Waals surface area contributed by atoms with Crippen molar-refractivity contribution in [3.63, 3.8) is 0 Å². The molecule has 0 spiro atoms. The smallest absolute Gasteiger partial charge is 0.328 e. The summed E-state index contributed by atoms with van der Waals surface area (Å²) in [5.74, 6) is -0.971. The van der Waals surface area contributed by atoms with Crippen LogP contribution in [0.5, 0.6) is 0 Å². The highest BCUT2D eigenvalue weighted by atomic mass is 32.2. The van der Waals surface area contributed by atoms with E-state index in [2.05, 4.69) is 10.2 Å². The predicted molar refractivity (Wildman–Crippen MR) is 49.9 cm³/mol. The third-order valence-electron chi connectivity index (χ3n) is 0.798. The second-order valence-electron chi connectivity index (χ2n) is 1.64. The first kappa shape index (κ1) is 9.43. The SMILES string of the molecule is O=C(O)/C=C/Sc1n[nH]c(=S)s1. The van der Waals surface area contributed by atoms with Crippen molar-refractivity contribution in [2.24, 2.45) is 0 Å². The average molecular weight is 220 g/mol. The summed E-state index contributed by atoms with van der Waals surface area (Å²) < 4.78 is 1.29. The third-order valence-corrected chi connectivity index (χ3v) is 2.79. The molecule has 0 amide bonds. The normalized spacial score (nSPS) is 10.7. The number of nitrogens with zero attached hydrogens (tertiary/aromatic N) is 1. The number of H-pyrrole nitrogens is 1. The Hall–Kier alpha value is -0.660. The first-order chi connectivity index (χ1) is 5.68. The molecule has 0 fully saturated rings. The van der Waals surface area contributed by atoms with E-state index in [-0.39, 0.29) is 0 Å². The Morgan fingerprint density at radius 2 is 2.58 bits per heavy atom. The number of aliphatic carboxylic acids is 1. The molecule has 0 aliphatic heterocycles. The summed E-state index contributed by atoms with van der Waals surface area (Å²) >= 11 is 7.31. The van der Waals surface area contributed by atoms with Gasteiger partial charge in [-0.25, -0.2) is 4.79 Å². The lowest BCUT2D eigenvalue weighted by Crippen LogP contribution is -1.84. The van der Waals surface area contributed by atoms with E-state index in [1.54, 1.807) is 0 Å². The summed E-state index contributed by atoms with van der Waals surface area (Å²) in [6.07, 6.45) is 1.05. The van der Waals surface area contributed by atoms with Crippen LogP contribution in [0.3, 0.4) is 0 Å². The number of nitrogens with one attached hydrogen (secondary N) is 1. The molecule has 1 aromatic rings. The van der Waals surface area contributed by atoms with Crippen LogP contribution in [0.2, 0.25) is 0 Å². The average Bonchev–Trinajstić information content (AvgIpc) is 2.35. The van der Waals surface area contributed by atoms with Crippen molar-refractivity contribution in [2.45, 2.75) is 4.34 Å². The van der Waals surface area contributed by atoms with E-state index >= 15 is 0 Å². The number of carboxylic acid groups (broad SMARTS) is 1. The molecule has 0 bridgehead atoms. The first-order valence-corrected chi connectivity index (χ1v) is 4.90. The molecule has 64 valence electrons. The van der Waals surface area contributed by atoms with Gasteiger partial charge >= 0.3 is 5.97 Å². The van der Waals surface area contributed by atoms with Gasteiger partial charge in [0.05, 0.1) is 0 Å². The number of rotatable bonds is 3. The molecule has 12 heavy (non-hydrogen) atoms. The largest absolute Gasteiger partial charge is 0.478 e. The van der Waals surface area contributed by atoms with Gasteiger partial charge in [0, 0.05) is 6.08 Å². The van der Waals surface area contributed by atoms with Crippen molar-refractivity contribution in [1.29, 1.82) is 0 Å². The summed E-state index contributed by atoms with van der Waals surface area (Å²) in [7, 11) is 0. The van der Waals surface area contributed by atoms with Crippen LogP contribution in [0.4, 0.5) is 0 Å². The summed E-state index contributed by atoms with van der Waals surface area (Å²) in [5.41, 5.74) is 0. The number of hydrogen-bond acceptors (Lipinski definition) is 5. The fourth-order valence-corrected chi connectivity index (χ4v) is 2.21. The van der Waals surface area contributed by atoms with E-state index in [0.717, 1.165) is 6.08 Å². The van der Waals surface area contributed by atoms with Crippen LogP contribution in [-0.4, -0.2) is 21.3 Å². The molecule has 0 aliphatic carbocycles. The van der Waals surface area contributed by atoms with Gasteiger partial charge in [0.1, 0.15) is 0 Å². The molecule has 0 aliphatic rings. The molecule has 1 heterocycles. The highest BCUT2D eigenvalue weighted by Gasteiger charge is 1.94. The molecule has 1 aromatic heterocycles. The second kappa shape index (κ2) is 4.39. The lowest BCUT2D eigenvalue weighted by atomic mass is 10.7. The summed E-state index contributed by atoms with van der Waals surface area (Å²) in [6.45, 7) is 0. The monoisotopic (exact) mass is 220 g/mol. The van der Waals surface area contributed by atoms with Crippen LogP contribution in [-0.2, 0) is 4.79 Å². The minimum atomic E-state index is -0.971. The van der Waals surface area contributed by atoms with Crippen molar-refractivity contribution in [3.05, 3.63) is 15.4 Å². The second-order valence-corrected chi connectivity index (χ2v) is 4.46. The maximum atomic E-state index is 10.0. The van der Waals surface area contributed by atoms with Gasteiger partial charge in [-0.1, -0.05) is 23.1 Å². The highest BCUT2D eigenvalue weighted by Crippen LogP contribution is 2.20. The minimum absolute atomic E-state index is 0.584. The number of aromatic amines is 1. The van der Waals surface area contributed by atoms with Crippen LogP contribution in [0.1, 0.15) is 0 Å². The maximum absolute atomic E-state index is 10.0. The van der Waals surface area contributed by atoms with Crippen LogP contribution < -0.4 is 0 Å². The minimum Gasteiger partial charge on any atom is -0.478 e. The molecule has 0 saturated heterocycles. The standard InChI is InChI=1S/C5H4N2O2S3/c8-3(9)1-2-11-5-7-6-4(10)12-5/h1-2H,(H,6,10)(H,8,9)/b2-1+. The van der Waals surface area contributed by atoms with Crippen molar-refractivity contribution in [2.75, 3.05) is 0 Å². The van der Waals surface area contributed by atoms with Gasteiger partial charge in [0.25, 0.3) is 0 Å². The topological polar surface area (TPSA) is 66.0 Å². The Kier molecular flexibility index (Phi) is 3.45. The lowest BCUT2D eigenvalue weighted by molar-refractivity contribution is -0.131. The van der Waals surface area contributed by atoms with E-state index < -0.39 is 5.97 Å². The van der Waals surface area contributed by atoms with Crippen LogP contribution >= 0.6 is 35.3 Å². The number of carbonyl (C=O) groups is 1. The predicted octanol–water partition coefficient (Wildman–Crippen LogP) is 1.89. The van der Waals surface area contributed by atoms with Crippen molar-refractivity contribution in [3.8, 4) is 0 Å². The molecular weight excluding hydrogens is 216 g/mol. The maximum Gasteiger partial charge on any atom is 0.328 e. The third kappa shape index (κ3) is 3.16. The molecule has 1 rings (SSSR count). The first-order valence-electron chi connectivity index (χ1n) is 2.80. The summed E-state index contributed by atoms with van der Waals surface area (Å²) in [6, 6.07) is 0. The Balaban J connectivity index is 2.54. The van der Waals surface area contributed by atoms with Crippen LogP contribution in [0.15, 0.2) is 15.8 Å². The van der Waals surface area contributed by atoms with Gasteiger partial charge in [-0.3, -0.25) is 5.10 Å². The van der Waals surface area contributed by atoms with Crippen LogP contribution in [0.25, 0.3) is 0 Å². The lowest BCUT2D eigenvalue weighted by Gasteiger charge is -1.81. The van der Waals surface area contributed by atoms with E-state index in [1.165, 1.54) is 28.5 Å². The van der Waals surface area contributed by atoms with Gasteiger partial charge < -0.3 is 5.11 Å². The van der Waals surface area contributed by atoms with Gasteiger partial charge in [-0.05, 0) is 17.6 Å². The Morgan fingerprint density at radius 3 is 3.08 bits per heavy atom. The Labute approximate surface area is 81.3 Å². The van der Waals surface area contributed by atoms with E-state index in [4.69, 9.17) is 17.3 Å². The van der Waals surface area contributed by atoms with Crippen molar-refractivity contribution < 1.29 is 9.90 Å². The quantitative estimate of drug-likeness (QED) is 0.462. The van der Waals surface area contributed by atoms with Gasteiger partial charge in [-0.15, -0.1) is 0 Å². The number of thioether (sulfide) groups is 1. The Bertz CT molecular complexity index is 354. The molecule has 4 nitrogen and oxygen atoms in total. The van der Waals surface area contributed by atoms with Gasteiger partial charge in [0.2, 0.25) is 0 Å². The summed E-state index contributed by atoms with van der Waals surface area (Å²) in [5, 5.41) is 16.1. The molecule has 0 saturated carbocycles. The van der Waals surface area contributed by atoms with Crippen LogP contribution in [0, 0.1) is 3.95 Å². The van der Waals surface area contributed by atoms with E-state index in [9.17, 15) is 4.79 Å². The van der Waals surface area contributed by atoms with Crippen molar-refractivity contribution in [1.82, 2.24) is 10.2 Å².